The molecule has 1 heterocycles. The summed E-state index contributed by atoms with van der Waals surface area (Å²) in [6.07, 6.45) is 5.05. The van der Waals surface area contributed by atoms with Crippen LogP contribution in [0, 0.1) is 0 Å². The van der Waals surface area contributed by atoms with Gasteiger partial charge in [0.15, 0.2) is 11.6 Å². The number of nitrogens with one attached hydrogen (secondary N) is 2. The van der Waals surface area contributed by atoms with Gasteiger partial charge in [-0.25, -0.2) is 4.98 Å². The van der Waals surface area contributed by atoms with Gasteiger partial charge < -0.3 is 15.1 Å². The molecule has 0 unspecified atom stereocenters. The van der Waals surface area contributed by atoms with Gasteiger partial charge in [0.25, 0.3) is 5.91 Å². The molecule has 0 aromatic carbocycles. The molecule has 0 spiro atoms. The molecule has 6 heteroatoms. The normalized spacial score (nSPS) is 21.3. The Bertz CT molecular complexity index is 536. The van der Waals surface area contributed by atoms with Gasteiger partial charge in [-0.15, -0.1) is 0 Å². The van der Waals surface area contributed by atoms with Crippen LogP contribution in [-0.2, 0) is 4.79 Å². The highest BCUT2D eigenvalue weighted by Crippen LogP contribution is 2.20. The SMILES string of the molecule is C=CC(=O)N[C@@H]1CC[C@H](NC(=O)c2coc(C(C)C)n2)C1. The van der Waals surface area contributed by atoms with Crippen LogP contribution in [0.25, 0.3) is 0 Å². The van der Waals surface area contributed by atoms with E-state index in [1.165, 1.54) is 12.3 Å². The fourth-order valence-corrected chi connectivity index (χ4v) is 2.42. The molecule has 2 N–H and O–H groups in total. The third kappa shape index (κ3) is 3.93. The van der Waals surface area contributed by atoms with E-state index in [1.54, 1.807) is 0 Å². The Hall–Kier alpha value is -2.11. The van der Waals surface area contributed by atoms with Gasteiger partial charge in [0.05, 0.1) is 0 Å². The Kier molecular flexibility index (Phi) is 4.77. The topological polar surface area (TPSA) is 84.2 Å². The van der Waals surface area contributed by atoms with Gasteiger partial charge in [-0.05, 0) is 25.3 Å². The Balaban J connectivity index is 1.86. The van der Waals surface area contributed by atoms with Gasteiger partial charge in [0.1, 0.15) is 6.26 Å². The lowest BCUT2D eigenvalue weighted by atomic mass is 10.2. The van der Waals surface area contributed by atoms with E-state index < -0.39 is 0 Å². The van der Waals surface area contributed by atoms with Crippen molar-refractivity contribution in [2.24, 2.45) is 0 Å². The first-order chi connectivity index (χ1) is 9.99. The summed E-state index contributed by atoms with van der Waals surface area (Å²) < 4.78 is 5.26. The molecule has 0 aliphatic heterocycles. The van der Waals surface area contributed by atoms with Crippen molar-refractivity contribution in [3.05, 3.63) is 30.5 Å². The summed E-state index contributed by atoms with van der Waals surface area (Å²) in [6, 6.07) is 0.135. The van der Waals surface area contributed by atoms with Crippen molar-refractivity contribution < 1.29 is 14.0 Å². The third-order valence-electron chi connectivity index (χ3n) is 3.55. The Morgan fingerprint density at radius 2 is 2.05 bits per heavy atom. The van der Waals surface area contributed by atoms with E-state index in [-0.39, 0.29) is 29.8 Å². The highest BCUT2D eigenvalue weighted by Gasteiger charge is 2.27. The Labute approximate surface area is 124 Å². The minimum atomic E-state index is -0.230. The van der Waals surface area contributed by atoms with Crippen LogP contribution in [0.3, 0.4) is 0 Å². The molecule has 1 aromatic heterocycles. The highest BCUT2D eigenvalue weighted by molar-refractivity contribution is 5.92. The lowest BCUT2D eigenvalue weighted by molar-refractivity contribution is -0.117. The number of aromatic nitrogens is 1. The van der Waals surface area contributed by atoms with Crippen molar-refractivity contribution in [1.29, 1.82) is 0 Å². The summed E-state index contributed by atoms with van der Waals surface area (Å²) >= 11 is 0. The minimum absolute atomic E-state index is 0.0480. The Morgan fingerprint density at radius 1 is 1.38 bits per heavy atom. The van der Waals surface area contributed by atoms with Gasteiger partial charge in [-0.1, -0.05) is 20.4 Å². The van der Waals surface area contributed by atoms with Crippen LogP contribution in [0.4, 0.5) is 0 Å². The van der Waals surface area contributed by atoms with E-state index in [9.17, 15) is 9.59 Å². The second-order valence-electron chi connectivity index (χ2n) is 5.62. The summed E-state index contributed by atoms with van der Waals surface area (Å²) in [4.78, 5) is 27.5. The quantitative estimate of drug-likeness (QED) is 0.809. The largest absolute Gasteiger partial charge is 0.448 e. The monoisotopic (exact) mass is 291 g/mol. The van der Waals surface area contributed by atoms with E-state index >= 15 is 0 Å². The zero-order chi connectivity index (χ0) is 15.4. The molecule has 21 heavy (non-hydrogen) atoms. The summed E-state index contributed by atoms with van der Waals surface area (Å²) in [5, 5.41) is 5.78. The van der Waals surface area contributed by atoms with Crippen LogP contribution in [0.5, 0.6) is 0 Å². The first-order valence-corrected chi connectivity index (χ1v) is 7.18. The van der Waals surface area contributed by atoms with Crippen molar-refractivity contribution >= 4 is 11.8 Å². The van der Waals surface area contributed by atoms with E-state index in [2.05, 4.69) is 22.2 Å². The lowest BCUT2D eigenvalue weighted by Crippen LogP contribution is -2.36. The van der Waals surface area contributed by atoms with Gasteiger partial charge in [-0.3, -0.25) is 9.59 Å². The van der Waals surface area contributed by atoms with Crippen molar-refractivity contribution in [3.63, 3.8) is 0 Å². The second-order valence-corrected chi connectivity index (χ2v) is 5.62. The first kappa shape index (κ1) is 15.3. The molecule has 0 bridgehead atoms. The molecule has 6 nitrogen and oxygen atoms in total. The number of nitrogens with zero attached hydrogens (tertiary/aromatic N) is 1. The predicted octanol–water partition coefficient (Wildman–Crippen LogP) is 1.75. The summed E-state index contributed by atoms with van der Waals surface area (Å²) in [5.74, 6) is 0.302. The van der Waals surface area contributed by atoms with E-state index in [0.29, 0.717) is 11.6 Å². The zero-order valence-electron chi connectivity index (χ0n) is 12.4. The number of rotatable bonds is 5. The maximum atomic E-state index is 12.1. The standard InChI is InChI=1S/C15H21N3O3/c1-4-13(19)16-10-5-6-11(7-10)17-14(20)12-8-21-15(18-12)9(2)3/h4,8-11H,1,5-7H2,2-3H3,(H,16,19)(H,17,20)/t10-,11+/m1/s1. The molecular weight excluding hydrogens is 270 g/mol. The maximum absolute atomic E-state index is 12.1. The fourth-order valence-electron chi connectivity index (χ4n) is 2.42. The number of carbonyl (C=O) groups is 2. The van der Waals surface area contributed by atoms with Crippen LogP contribution in [0.2, 0.25) is 0 Å². The number of carbonyl (C=O) groups excluding carboxylic acids is 2. The maximum Gasteiger partial charge on any atom is 0.273 e. The average molecular weight is 291 g/mol. The molecule has 1 aliphatic rings. The lowest BCUT2D eigenvalue weighted by Gasteiger charge is -2.13. The number of amides is 2. The van der Waals surface area contributed by atoms with Crippen LogP contribution < -0.4 is 10.6 Å². The number of oxazole rings is 1. The average Bonchev–Trinajstić information content (AvgIpc) is 3.07. The molecule has 1 fully saturated rings. The zero-order valence-corrected chi connectivity index (χ0v) is 12.4. The Morgan fingerprint density at radius 3 is 2.62 bits per heavy atom. The molecule has 0 saturated heterocycles. The van der Waals surface area contributed by atoms with Crippen molar-refractivity contribution in [1.82, 2.24) is 15.6 Å². The predicted molar refractivity (Wildman–Crippen MR) is 77.8 cm³/mol. The van der Waals surface area contributed by atoms with E-state index in [0.717, 1.165) is 19.3 Å². The second kappa shape index (κ2) is 6.56. The van der Waals surface area contributed by atoms with Crippen molar-refractivity contribution in [3.8, 4) is 0 Å². The molecule has 2 atom stereocenters. The minimum Gasteiger partial charge on any atom is -0.448 e. The number of hydrogen-bond acceptors (Lipinski definition) is 4. The molecule has 0 radical (unpaired) electrons. The molecule has 1 aromatic rings. The number of hydrogen-bond donors (Lipinski definition) is 2. The third-order valence-corrected chi connectivity index (χ3v) is 3.55. The van der Waals surface area contributed by atoms with E-state index in [4.69, 9.17) is 4.42 Å². The van der Waals surface area contributed by atoms with Crippen LogP contribution in [0.1, 0.15) is 55.4 Å². The van der Waals surface area contributed by atoms with Crippen LogP contribution >= 0.6 is 0 Å². The molecule has 114 valence electrons. The van der Waals surface area contributed by atoms with Gasteiger partial charge >= 0.3 is 0 Å². The van der Waals surface area contributed by atoms with Crippen LogP contribution in [-0.4, -0.2) is 28.9 Å². The van der Waals surface area contributed by atoms with Gasteiger partial charge in [0.2, 0.25) is 5.91 Å². The van der Waals surface area contributed by atoms with Crippen molar-refractivity contribution in [2.75, 3.05) is 0 Å². The smallest absolute Gasteiger partial charge is 0.273 e. The van der Waals surface area contributed by atoms with Crippen molar-refractivity contribution in [2.45, 2.75) is 51.1 Å². The molecule has 2 amide bonds. The first-order valence-electron chi connectivity index (χ1n) is 7.18. The summed E-state index contributed by atoms with van der Waals surface area (Å²) in [6.45, 7) is 7.34. The summed E-state index contributed by atoms with van der Waals surface area (Å²) in [7, 11) is 0. The molecule has 2 rings (SSSR count). The van der Waals surface area contributed by atoms with Gasteiger partial charge in [0, 0.05) is 18.0 Å². The summed E-state index contributed by atoms with van der Waals surface area (Å²) in [5.41, 5.74) is 0.303. The van der Waals surface area contributed by atoms with E-state index in [1.807, 2.05) is 13.8 Å². The molecule has 1 aliphatic carbocycles. The van der Waals surface area contributed by atoms with Crippen LogP contribution in [0.15, 0.2) is 23.3 Å². The fraction of sp³-hybridized carbons (Fsp3) is 0.533. The molecular formula is C15H21N3O3. The molecule has 1 saturated carbocycles. The van der Waals surface area contributed by atoms with Gasteiger partial charge in [-0.2, -0.15) is 0 Å². The highest BCUT2D eigenvalue weighted by atomic mass is 16.3.